The van der Waals surface area contributed by atoms with Gasteiger partial charge in [-0.15, -0.1) is 0 Å². The van der Waals surface area contributed by atoms with Crippen LogP contribution in [0, 0.1) is 11.8 Å². The highest BCUT2D eigenvalue weighted by atomic mass is 32.2. The summed E-state index contributed by atoms with van der Waals surface area (Å²) in [6.45, 7) is 14.5. The number of nitrogens with two attached hydrogens (primary N) is 3. The lowest BCUT2D eigenvalue weighted by Gasteiger charge is -2.36. The summed E-state index contributed by atoms with van der Waals surface area (Å²) in [5, 5.41) is 21.3. The van der Waals surface area contributed by atoms with Crippen LogP contribution < -0.4 is 22.5 Å². The summed E-state index contributed by atoms with van der Waals surface area (Å²) < 4.78 is 60.3. The summed E-state index contributed by atoms with van der Waals surface area (Å²) in [6, 6.07) is 24.9. The topological polar surface area (TPSA) is 297 Å². The summed E-state index contributed by atoms with van der Waals surface area (Å²) in [7, 11) is -7.29. The van der Waals surface area contributed by atoms with Crippen LogP contribution in [0.15, 0.2) is 116 Å². The molecule has 8 rings (SSSR count). The number of unbranched alkanes of at least 4 members (excludes halogenated alkanes) is 4. The molecule has 20 nitrogen and oxygen atoms in total. The third kappa shape index (κ3) is 17.7. The molecule has 4 aliphatic heterocycles. The molecule has 0 saturated carbocycles. The Balaban J connectivity index is 0.000000247. The van der Waals surface area contributed by atoms with Crippen LogP contribution in [0.5, 0.6) is 0 Å². The number of nitrogens with zero attached hydrogens (tertiary/aromatic N) is 6. The number of aliphatic hydroxyl groups excluding tert-OH is 2. The van der Waals surface area contributed by atoms with Crippen molar-refractivity contribution in [2.75, 3.05) is 78.7 Å². The van der Waals surface area contributed by atoms with Crippen LogP contribution in [-0.4, -0.2) is 159 Å². The van der Waals surface area contributed by atoms with Crippen LogP contribution in [0.1, 0.15) is 110 Å². The SMILES string of the molecule is CCCN(CCCCCN)C(=O)C1=Cc2ccc(-c3cccc(S(=O)(=O)N4CC(CO)C4)c3)cc2N=C(N)C1.CCCN(CCCCCNC(=O)OC(C)(C)C)C(=O)C1=Cc2ccc(-c3cccc(S(=O)(=O)N4CC(CO)C4)c3)cc2N=C(N)C1. The van der Waals surface area contributed by atoms with Crippen LogP contribution in [0.4, 0.5) is 16.2 Å². The third-order valence-electron chi connectivity index (χ3n) is 15.0. The Morgan fingerprint density at radius 3 is 1.44 bits per heavy atom. The quantitative estimate of drug-likeness (QED) is 0.0346. The zero-order chi connectivity index (χ0) is 61.5. The number of aliphatic imine (C=N–C) groups is 2. The Labute approximate surface area is 502 Å². The Kier molecular flexibility index (Phi) is 23.2. The summed E-state index contributed by atoms with van der Waals surface area (Å²) >= 11 is 0. The number of carbonyl (C=O) groups is 3. The normalized spacial score (nSPS) is 15.8. The molecular weight excluding hydrogens is 1120 g/mol. The van der Waals surface area contributed by atoms with Crippen molar-refractivity contribution < 1.29 is 46.2 Å². The molecule has 3 amide bonds. The number of amides is 3. The van der Waals surface area contributed by atoms with Gasteiger partial charge in [-0.1, -0.05) is 68.8 Å². The predicted octanol–water partition coefficient (Wildman–Crippen LogP) is 7.79. The largest absolute Gasteiger partial charge is 0.444 e. The predicted molar refractivity (Wildman–Crippen MR) is 335 cm³/mol. The van der Waals surface area contributed by atoms with E-state index in [0.29, 0.717) is 99.6 Å². The molecule has 0 radical (unpaired) electrons. The first-order valence-corrected chi connectivity index (χ1v) is 32.5. The highest BCUT2D eigenvalue weighted by molar-refractivity contribution is 7.89. The second-order valence-corrected chi connectivity index (χ2v) is 27.0. The van der Waals surface area contributed by atoms with E-state index in [0.717, 1.165) is 84.7 Å². The van der Waals surface area contributed by atoms with Crippen LogP contribution in [-0.2, 0) is 34.4 Å². The molecule has 85 heavy (non-hydrogen) atoms. The Morgan fingerprint density at radius 2 is 1.04 bits per heavy atom. The molecule has 2 saturated heterocycles. The van der Waals surface area contributed by atoms with Gasteiger partial charge in [-0.3, -0.25) is 9.59 Å². The Bertz CT molecular complexity index is 3360. The van der Waals surface area contributed by atoms with Gasteiger partial charge in [0, 0.05) is 119 Å². The number of sulfonamides is 2. The molecule has 4 aromatic carbocycles. The van der Waals surface area contributed by atoms with Crippen LogP contribution >= 0.6 is 0 Å². The molecule has 4 aromatic rings. The van der Waals surface area contributed by atoms with Crippen LogP contribution in [0.2, 0.25) is 0 Å². The zero-order valence-electron chi connectivity index (χ0n) is 49.8. The molecular formula is C63H86N10O10S2. The molecule has 0 spiro atoms. The zero-order valence-corrected chi connectivity index (χ0v) is 51.5. The van der Waals surface area contributed by atoms with E-state index >= 15 is 0 Å². The van der Waals surface area contributed by atoms with E-state index in [9.17, 15) is 41.4 Å². The highest BCUT2D eigenvalue weighted by Crippen LogP contribution is 2.36. The minimum absolute atomic E-state index is 0.00843. The van der Waals surface area contributed by atoms with E-state index in [1.807, 2.05) is 98.2 Å². The highest BCUT2D eigenvalue weighted by Gasteiger charge is 2.38. The summed E-state index contributed by atoms with van der Waals surface area (Å²) in [5.41, 5.74) is 24.7. The fourth-order valence-electron chi connectivity index (χ4n) is 10.4. The van der Waals surface area contributed by atoms with E-state index in [1.54, 1.807) is 36.4 Å². The van der Waals surface area contributed by atoms with Crippen molar-refractivity contribution in [3.05, 3.63) is 107 Å². The Morgan fingerprint density at radius 1 is 0.612 bits per heavy atom. The van der Waals surface area contributed by atoms with E-state index < -0.39 is 31.7 Å². The van der Waals surface area contributed by atoms with Gasteiger partial charge in [-0.25, -0.2) is 31.6 Å². The Hall–Kier alpha value is -6.79. The second-order valence-electron chi connectivity index (χ2n) is 23.2. The number of aliphatic hydroxyl groups is 2. The van der Waals surface area contributed by atoms with Crippen molar-refractivity contribution in [3.8, 4) is 22.3 Å². The number of fused-ring (bicyclic) bond motifs is 2. The van der Waals surface area contributed by atoms with Gasteiger partial charge in [0.2, 0.25) is 31.9 Å². The average molecular weight is 1210 g/mol. The van der Waals surface area contributed by atoms with Crippen molar-refractivity contribution in [3.63, 3.8) is 0 Å². The number of alkyl carbamates (subject to hydrolysis) is 1. The summed E-state index contributed by atoms with van der Waals surface area (Å²) in [6.07, 6.45) is 10.7. The lowest BCUT2D eigenvalue weighted by molar-refractivity contribution is -0.128. The molecule has 4 aliphatic rings. The van der Waals surface area contributed by atoms with Gasteiger partial charge in [-0.2, -0.15) is 8.61 Å². The maximum atomic E-state index is 13.7. The van der Waals surface area contributed by atoms with Gasteiger partial charge in [0.25, 0.3) is 0 Å². The molecule has 9 N–H and O–H groups in total. The standard InChI is InChI=1S/C34H47N5O6S.C29H39N5O4S/c1-5-15-38(16-8-6-7-14-36-33(42)45-34(2,3)4)32(41)28-17-27-13-12-26(19-30(27)37-31(35)20-28)25-10-9-11-29(18-25)46(43,44)39-21-24(22-39)23-40;1-2-12-33(13-5-3-4-11-30)29(36)25-14-24-10-9-23(16-27(24)32-28(31)17-25)22-7-6-8-26(15-22)39(37,38)34-18-21(19-34)20-35/h9-13,17-19,24,40H,5-8,14-16,20-23H2,1-4H3,(H2,35,37)(H,36,42);6-10,14-16,21,35H,2-5,11-13,17-20,30H2,1H3,(H2,31,32). The maximum Gasteiger partial charge on any atom is 0.407 e. The summed E-state index contributed by atoms with van der Waals surface area (Å²) in [4.78, 5) is 52.3. The molecule has 0 bridgehead atoms. The minimum Gasteiger partial charge on any atom is -0.444 e. The third-order valence-corrected chi connectivity index (χ3v) is 18.6. The van der Waals surface area contributed by atoms with Crippen molar-refractivity contribution in [1.82, 2.24) is 23.7 Å². The number of nitrogens with one attached hydrogen (secondary N) is 1. The lowest BCUT2D eigenvalue weighted by atomic mass is 10.0. The van der Waals surface area contributed by atoms with Crippen molar-refractivity contribution in [1.29, 1.82) is 0 Å². The number of benzene rings is 4. The number of hydrogen-bond donors (Lipinski definition) is 6. The van der Waals surface area contributed by atoms with E-state index in [4.69, 9.17) is 21.9 Å². The lowest BCUT2D eigenvalue weighted by Crippen LogP contribution is -2.51. The molecule has 22 heteroatoms. The molecule has 460 valence electrons. The van der Waals surface area contributed by atoms with Crippen molar-refractivity contribution >= 4 is 73.2 Å². The van der Waals surface area contributed by atoms with Gasteiger partial charge in [0.1, 0.15) is 17.3 Å². The first-order valence-electron chi connectivity index (χ1n) is 29.6. The van der Waals surface area contributed by atoms with Gasteiger partial charge in [0.05, 0.1) is 21.2 Å². The fourth-order valence-corrected chi connectivity index (χ4v) is 13.6. The van der Waals surface area contributed by atoms with E-state index in [1.165, 1.54) is 8.61 Å². The number of amidine groups is 2. The van der Waals surface area contributed by atoms with E-state index in [-0.39, 0.29) is 59.5 Å². The average Bonchev–Trinajstić information content (AvgIpc) is 1.73. The van der Waals surface area contributed by atoms with Gasteiger partial charge < -0.3 is 47.3 Å². The molecule has 4 heterocycles. The fraction of sp³-hybridized carbons (Fsp3) is 0.476. The van der Waals surface area contributed by atoms with Gasteiger partial charge >= 0.3 is 6.09 Å². The maximum absolute atomic E-state index is 13.7. The van der Waals surface area contributed by atoms with Crippen LogP contribution in [0.3, 0.4) is 0 Å². The van der Waals surface area contributed by atoms with E-state index in [2.05, 4.69) is 22.2 Å². The van der Waals surface area contributed by atoms with Gasteiger partial charge in [0.15, 0.2) is 0 Å². The smallest absolute Gasteiger partial charge is 0.407 e. The number of hydrogen-bond acceptors (Lipinski definition) is 15. The molecule has 0 atom stereocenters. The van der Waals surface area contributed by atoms with Gasteiger partial charge in [-0.05, 0) is 143 Å². The molecule has 0 aromatic heterocycles. The molecule has 0 aliphatic carbocycles. The monoisotopic (exact) mass is 1210 g/mol. The number of carbonyl (C=O) groups excluding carboxylic acids is 3. The second kappa shape index (κ2) is 30.0. The first-order chi connectivity index (χ1) is 40.6. The van der Waals surface area contributed by atoms with Crippen molar-refractivity contribution in [2.24, 2.45) is 39.0 Å². The van der Waals surface area contributed by atoms with Crippen LogP contribution in [0.25, 0.3) is 34.4 Å². The minimum atomic E-state index is -3.66. The molecule has 2 fully saturated rings. The summed E-state index contributed by atoms with van der Waals surface area (Å²) in [5.74, 6) is 0.559. The number of rotatable bonds is 25. The number of ether oxygens (including phenoxy) is 1. The van der Waals surface area contributed by atoms with Crippen molar-refractivity contribution in [2.45, 2.75) is 114 Å². The molecule has 0 unspecified atom stereocenters. The first kappa shape index (κ1) is 65.7.